The number of carbonyl (C=O) groups is 1. The zero-order chi connectivity index (χ0) is 11.5. The maximum absolute atomic E-state index is 11.5. The van der Waals surface area contributed by atoms with Crippen molar-refractivity contribution in [2.75, 3.05) is 0 Å². The fourth-order valence-electron chi connectivity index (χ4n) is 0.952. The zero-order valence-corrected chi connectivity index (χ0v) is 8.78. The standard InChI is InChI=1S/C7H11N3O4S/c1-2-5(7(11)12)10-15(13,14)6-3-4-8-9-6/h3-5,10H,2H2,1H3,(H,8,9)(H,11,12)/t5-/m1/s1. The first-order valence-corrected chi connectivity index (χ1v) is 5.70. The highest BCUT2D eigenvalue weighted by Gasteiger charge is 2.24. The molecule has 0 aliphatic heterocycles. The van der Waals surface area contributed by atoms with Crippen LogP contribution < -0.4 is 4.72 Å². The Morgan fingerprint density at radius 2 is 2.40 bits per heavy atom. The maximum Gasteiger partial charge on any atom is 0.321 e. The Hall–Kier alpha value is -1.41. The van der Waals surface area contributed by atoms with Gasteiger partial charge < -0.3 is 5.11 Å². The lowest BCUT2D eigenvalue weighted by Crippen LogP contribution is -2.40. The molecule has 0 unspecified atom stereocenters. The molecule has 1 heterocycles. The van der Waals surface area contributed by atoms with Gasteiger partial charge in [-0.25, -0.2) is 8.42 Å². The minimum Gasteiger partial charge on any atom is -0.480 e. The first kappa shape index (κ1) is 11.7. The number of nitrogens with zero attached hydrogens (tertiary/aromatic N) is 1. The van der Waals surface area contributed by atoms with E-state index in [9.17, 15) is 13.2 Å². The van der Waals surface area contributed by atoms with Crippen molar-refractivity contribution in [3.63, 3.8) is 0 Å². The second-order valence-electron chi connectivity index (χ2n) is 2.84. The van der Waals surface area contributed by atoms with Crippen LogP contribution in [0.5, 0.6) is 0 Å². The van der Waals surface area contributed by atoms with Gasteiger partial charge in [-0.15, -0.1) is 0 Å². The normalized spacial score (nSPS) is 13.7. The minimum absolute atomic E-state index is 0.151. The summed E-state index contributed by atoms with van der Waals surface area (Å²) in [6.07, 6.45) is 1.44. The molecule has 1 aromatic heterocycles. The minimum atomic E-state index is -3.82. The number of aromatic nitrogens is 2. The Balaban J connectivity index is 2.86. The summed E-state index contributed by atoms with van der Waals surface area (Å²) < 4.78 is 25.1. The van der Waals surface area contributed by atoms with Crippen LogP contribution in [-0.2, 0) is 14.8 Å². The first-order valence-electron chi connectivity index (χ1n) is 4.22. The van der Waals surface area contributed by atoms with Crippen molar-refractivity contribution in [3.05, 3.63) is 12.3 Å². The first-order chi connectivity index (χ1) is 6.97. The SMILES string of the molecule is CC[C@@H](NS(=O)(=O)c1ccn[nH]1)C(=O)O. The fraction of sp³-hybridized carbons (Fsp3) is 0.429. The molecule has 1 aromatic rings. The van der Waals surface area contributed by atoms with Crippen molar-refractivity contribution in [3.8, 4) is 0 Å². The quantitative estimate of drug-likeness (QED) is 0.637. The Morgan fingerprint density at radius 1 is 1.73 bits per heavy atom. The zero-order valence-electron chi connectivity index (χ0n) is 7.97. The van der Waals surface area contributed by atoms with Gasteiger partial charge in [-0.1, -0.05) is 6.92 Å². The van der Waals surface area contributed by atoms with Crippen LogP contribution in [0.15, 0.2) is 17.3 Å². The number of aromatic amines is 1. The van der Waals surface area contributed by atoms with Gasteiger partial charge in [0.15, 0.2) is 5.03 Å². The van der Waals surface area contributed by atoms with Gasteiger partial charge in [-0.3, -0.25) is 9.89 Å². The van der Waals surface area contributed by atoms with Crippen LogP contribution in [0, 0.1) is 0 Å². The summed E-state index contributed by atoms with van der Waals surface area (Å²) in [6.45, 7) is 1.58. The van der Waals surface area contributed by atoms with E-state index in [2.05, 4.69) is 10.2 Å². The van der Waals surface area contributed by atoms with Gasteiger partial charge in [0.25, 0.3) is 10.0 Å². The van der Waals surface area contributed by atoms with Crippen molar-refractivity contribution in [2.24, 2.45) is 0 Å². The predicted octanol–water partition coefficient (Wildman–Crippen LogP) is -0.449. The van der Waals surface area contributed by atoms with Crippen molar-refractivity contribution in [2.45, 2.75) is 24.4 Å². The van der Waals surface area contributed by atoms with E-state index < -0.39 is 22.0 Å². The van der Waals surface area contributed by atoms with E-state index in [4.69, 9.17) is 5.11 Å². The Kier molecular flexibility index (Phi) is 3.43. The number of sulfonamides is 1. The van der Waals surface area contributed by atoms with Gasteiger partial charge >= 0.3 is 5.97 Å². The van der Waals surface area contributed by atoms with Gasteiger partial charge in [0, 0.05) is 0 Å². The third-order valence-electron chi connectivity index (χ3n) is 1.77. The molecule has 0 spiro atoms. The summed E-state index contributed by atoms with van der Waals surface area (Å²) in [5.41, 5.74) is 0. The molecule has 8 heteroatoms. The average molecular weight is 233 g/mol. The van der Waals surface area contributed by atoms with E-state index in [-0.39, 0.29) is 11.4 Å². The fourth-order valence-corrected chi connectivity index (χ4v) is 2.13. The summed E-state index contributed by atoms with van der Waals surface area (Å²) in [6, 6.07) is 0.120. The summed E-state index contributed by atoms with van der Waals surface area (Å²) in [5, 5.41) is 14.3. The number of hydrogen-bond acceptors (Lipinski definition) is 4. The highest BCUT2D eigenvalue weighted by atomic mass is 32.2. The van der Waals surface area contributed by atoms with E-state index in [0.717, 1.165) is 0 Å². The van der Waals surface area contributed by atoms with Gasteiger partial charge in [-0.05, 0) is 12.5 Å². The third-order valence-corrected chi connectivity index (χ3v) is 3.17. The molecule has 0 bridgehead atoms. The number of H-pyrrole nitrogens is 1. The van der Waals surface area contributed by atoms with Crippen LogP contribution in [0.1, 0.15) is 13.3 Å². The molecule has 7 nitrogen and oxygen atoms in total. The molecule has 0 aromatic carbocycles. The van der Waals surface area contributed by atoms with Crippen LogP contribution in [0.25, 0.3) is 0 Å². The highest BCUT2D eigenvalue weighted by Crippen LogP contribution is 2.05. The number of aliphatic carboxylic acids is 1. The molecule has 0 saturated carbocycles. The lowest BCUT2D eigenvalue weighted by atomic mass is 10.2. The van der Waals surface area contributed by atoms with Crippen LogP contribution >= 0.6 is 0 Å². The van der Waals surface area contributed by atoms with Crippen molar-refractivity contribution >= 4 is 16.0 Å². The Labute approximate surface area is 86.6 Å². The molecule has 1 atom stereocenters. The second-order valence-corrected chi connectivity index (χ2v) is 4.52. The van der Waals surface area contributed by atoms with Crippen LogP contribution in [0.2, 0.25) is 0 Å². The average Bonchev–Trinajstić information content (AvgIpc) is 2.67. The predicted molar refractivity (Wildman–Crippen MR) is 50.6 cm³/mol. The lowest BCUT2D eigenvalue weighted by molar-refractivity contribution is -0.139. The summed E-state index contributed by atoms with van der Waals surface area (Å²) >= 11 is 0. The van der Waals surface area contributed by atoms with Crippen LogP contribution in [0.3, 0.4) is 0 Å². The largest absolute Gasteiger partial charge is 0.480 e. The van der Waals surface area contributed by atoms with E-state index in [1.54, 1.807) is 6.92 Å². The van der Waals surface area contributed by atoms with E-state index in [1.807, 2.05) is 4.72 Å². The molecule has 0 fully saturated rings. The van der Waals surface area contributed by atoms with E-state index in [0.29, 0.717) is 0 Å². The lowest BCUT2D eigenvalue weighted by Gasteiger charge is -2.10. The number of carboxylic acids is 1. The Morgan fingerprint density at radius 3 is 2.80 bits per heavy atom. The number of rotatable bonds is 5. The molecular formula is C7H11N3O4S. The Bertz CT molecular complexity index is 425. The monoisotopic (exact) mass is 233 g/mol. The second kappa shape index (κ2) is 4.41. The number of nitrogens with one attached hydrogen (secondary N) is 2. The highest BCUT2D eigenvalue weighted by molar-refractivity contribution is 7.89. The molecule has 84 valence electrons. The van der Waals surface area contributed by atoms with Gasteiger partial charge in [0.2, 0.25) is 0 Å². The summed E-state index contributed by atoms with van der Waals surface area (Å²) in [7, 11) is -3.82. The molecule has 0 aliphatic rings. The molecule has 0 aliphatic carbocycles. The van der Waals surface area contributed by atoms with Gasteiger partial charge in [-0.2, -0.15) is 9.82 Å². The van der Waals surface area contributed by atoms with Crippen LogP contribution in [0.4, 0.5) is 0 Å². The van der Waals surface area contributed by atoms with Crippen molar-refractivity contribution in [1.29, 1.82) is 0 Å². The van der Waals surface area contributed by atoms with E-state index in [1.165, 1.54) is 12.3 Å². The molecule has 0 amide bonds. The van der Waals surface area contributed by atoms with Gasteiger partial charge in [0.05, 0.1) is 6.20 Å². The van der Waals surface area contributed by atoms with Crippen molar-refractivity contribution < 1.29 is 18.3 Å². The van der Waals surface area contributed by atoms with Gasteiger partial charge in [0.1, 0.15) is 6.04 Å². The maximum atomic E-state index is 11.5. The summed E-state index contributed by atoms with van der Waals surface area (Å²) in [5.74, 6) is -1.21. The number of hydrogen-bond donors (Lipinski definition) is 3. The molecule has 0 saturated heterocycles. The third kappa shape index (κ3) is 2.77. The molecule has 15 heavy (non-hydrogen) atoms. The number of carboxylic acid groups (broad SMARTS) is 1. The molecule has 0 radical (unpaired) electrons. The van der Waals surface area contributed by atoms with Crippen LogP contribution in [-0.4, -0.2) is 35.7 Å². The molecule has 1 rings (SSSR count). The topological polar surface area (TPSA) is 112 Å². The molecular weight excluding hydrogens is 222 g/mol. The van der Waals surface area contributed by atoms with E-state index >= 15 is 0 Å². The molecule has 3 N–H and O–H groups in total. The summed E-state index contributed by atoms with van der Waals surface area (Å²) in [4.78, 5) is 10.6. The smallest absolute Gasteiger partial charge is 0.321 e. The van der Waals surface area contributed by atoms with Crippen molar-refractivity contribution in [1.82, 2.24) is 14.9 Å².